The molecule has 0 rings (SSSR count). The Hall–Kier alpha value is -0.240. The number of hydrogen-bond donors (Lipinski definition) is 0. The maximum Gasteiger partial charge on any atom is 0.305 e. The molecule has 0 bridgehead atoms. The number of halogens is 1. The van der Waals surface area contributed by atoms with Crippen molar-refractivity contribution in [2.75, 3.05) is 6.61 Å². The lowest BCUT2D eigenvalue weighted by Crippen LogP contribution is -2.04. The Balaban J connectivity index is 3.17. The zero-order valence-corrected chi connectivity index (χ0v) is 7.86. The largest absolute Gasteiger partial charge is 0.466 e. The second-order valence-corrected chi connectivity index (χ2v) is 3.22. The summed E-state index contributed by atoms with van der Waals surface area (Å²) in [6, 6.07) is 0. The molecule has 66 valence electrons. The van der Waals surface area contributed by atoms with Crippen LogP contribution in [0, 0.1) is 0 Å². The highest BCUT2D eigenvalue weighted by molar-refractivity contribution is 6.20. The molecule has 0 amide bonds. The van der Waals surface area contributed by atoms with E-state index in [1.54, 1.807) is 0 Å². The number of carbonyl (C=O) groups excluding carboxylic acids is 1. The molecule has 0 aliphatic carbocycles. The zero-order chi connectivity index (χ0) is 8.69. The molecule has 0 spiro atoms. The summed E-state index contributed by atoms with van der Waals surface area (Å²) in [5.74, 6) is -0.121. The Labute approximate surface area is 72.9 Å². The summed E-state index contributed by atoms with van der Waals surface area (Å²) in [6.45, 7) is 4.20. The predicted molar refractivity (Wildman–Crippen MR) is 45.8 cm³/mol. The first-order chi connectivity index (χ1) is 5.16. The van der Waals surface area contributed by atoms with Crippen molar-refractivity contribution < 1.29 is 9.53 Å². The molecule has 0 radical (unpaired) electrons. The van der Waals surface area contributed by atoms with Crippen LogP contribution in [0.1, 0.15) is 33.1 Å². The lowest BCUT2D eigenvalue weighted by molar-refractivity contribution is -0.143. The molecule has 0 fully saturated rings. The topological polar surface area (TPSA) is 26.3 Å². The van der Waals surface area contributed by atoms with Crippen molar-refractivity contribution >= 4 is 17.6 Å². The highest BCUT2D eigenvalue weighted by Crippen LogP contribution is 2.06. The van der Waals surface area contributed by atoms with Crippen LogP contribution in [0.25, 0.3) is 0 Å². The van der Waals surface area contributed by atoms with Crippen molar-refractivity contribution in [3.8, 4) is 0 Å². The van der Waals surface area contributed by atoms with E-state index < -0.39 is 0 Å². The fraction of sp³-hybridized carbons (Fsp3) is 0.875. The molecule has 0 heterocycles. The molecule has 0 saturated carbocycles. The van der Waals surface area contributed by atoms with Crippen molar-refractivity contribution in [3.05, 3.63) is 0 Å². The van der Waals surface area contributed by atoms with Gasteiger partial charge in [-0.15, -0.1) is 11.6 Å². The van der Waals surface area contributed by atoms with Crippen LogP contribution >= 0.6 is 11.6 Å². The SMILES string of the molecule is CCOC(=O)CCCC(C)Cl. The fourth-order valence-electron chi connectivity index (χ4n) is 0.761. The van der Waals surface area contributed by atoms with Crippen molar-refractivity contribution in [2.45, 2.75) is 38.5 Å². The van der Waals surface area contributed by atoms with Crippen molar-refractivity contribution in [1.82, 2.24) is 0 Å². The number of ether oxygens (including phenoxy) is 1. The van der Waals surface area contributed by atoms with Gasteiger partial charge in [0.25, 0.3) is 0 Å². The number of hydrogen-bond acceptors (Lipinski definition) is 2. The summed E-state index contributed by atoms with van der Waals surface area (Å²) in [5.41, 5.74) is 0. The van der Waals surface area contributed by atoms with Gasteiger partial charge in [-0.25, -0.2) is 0 Å². The second-order valence-electron chi connectivity index (χ2n) is 2.48. The average Bonchev–Trinajstić information content (AvgIpc) is 1.87. The fourth-order valence-corrected chi connectivity index (χ4v) is 0.915. The third-order valence-electron chi connectivity index (χ3n) is 1.29. The van der Waals surface area contributed by atoms with E-state index in [1.165, 1.54) is 0 Å². The summed E-state index contributed by atoms with van der Waals surface area (Å²) in [6.07, 6.45) is 2.19. The van der Waals surface area contributed by atoms with Gasteiger partial charge in [0.1, 0.15) is 0 Å². The van der Waals surface area contributed by atoms with Crippen LogP contribution in [0.4, 0.5) is 0 Å². The summed E-state index contributed by atoms with van der Waals surface area (Å²) in [4.78, 5) is 10.8. The van der Waals surface area contributed by atoms with Gasteiger partial charge in [-0.2, -0.15) is 0 Å². The van der Waals surface area contributed by atoms with Crippen molar-refractivity contribution in [1.29, 1.82) is 0 Å². The number of carbonyl (C=O) groups is 1. The van der Waals surface area contributed by atoms with Crippen LogP contribution in [0.2, 0.25) is 0 Å². The smallest absolute Gasteiger partial charge is 0.305 e. The van der Waals surface area contributed by atoms with Crippen LogP contribution in [-0.4, -0.2) is 18.0 Å². The summed E-state index contributed by atoms with van der Waals surface area (Å²) >= 11 is 5.69. The summed E-state index contributed by atoms with van der Waals surface area (Å²) in [5, 5.41) is 0.157. The minimum Gasteiger partial charge on any atom is -0.466 e. The number of esters is 1. The minimum atomic E-state index is -0.121. The number of alkyl halides is 1. The maximum atomic E-state index is 10.8. The van der Waals surface area contributed by atoms with Gasteiger partial charge in [0.15, 0.2) is 0 Å². The molecule has 0 aliphatic rings. The molecule has 11 heavy (non-hydrogen) atoms. The third kappa shape index (κ3) is 7.66. The summed E-state index contributed by atoms with van der Waals surface area (Å²) < 4.78 is 4.74. The van der Waals surface area contributed by atoms with Gasteiger partial charge in [0.2, 0.25) is 0 Å². The van der Waals surface area contributed by atoms with Crippen LogP contribution in [-0.2, 0) is 9.53 Å². The molecule has 1 atom stereocenters. The minimum absolute atomic E-state index is 0.121. The third-order valence-corrected chi connectivity index (χ3v) is 1.51. The van der Waals surface area contributed by atoms with Crippen LogP contribution < -0.4 is 0 Å². The highest BCUT2D eigenvalue weighted by atomic mass is 35.5. The van der Waals surface area contributed by atoms with E-state index in [0.29, 0.717) is 13.0 Å². The first kappa shape index (κ1) is 10.8. The molecular formula is C8H15ClO2. The maximum absolute atomic E-state index is 10.8. The highest BCUT2D eigenvalue weighted by Gasteiger charge is 2.02. The van der Waals surface area contributed by atoms with Crippen molar-refractivity contribution in [3.63, 3.8) is 0 Å². The van der Waals surface area contributed by atoms with Crippen molar-refractivity contribution in [2.24, 2.45) is 0 Å². The molecular weight excluding hydrogens is 164 g/mol. The van der Waals surface area contributed by atoms with Crippen LogP contribution in [0.5, 0.6) is 0 Å². The van der Waals surface area contributed by atoms with E-state index >= 15 is 0 Å². The predicted octanol–water partition coefficient (Wildman–Crippen LogP) is 2.35. The Bertz CT molecular complexity index is 113. The number of rotatable bonds is 5. The van der Waals surface area contributed by atoms with E-state index in [2.05, 4.69) is 0 Å². The quantitative estimate of drug-likeness (QED) is 0.477. The van der Waals surface area contributed by atoms with Gasteiger partial charge in [-0.1, -0.05) is 0 Å². The average molecular weight is 179 g/mol. The molecule has 0 aliphatic heterocycles. The van der Waals surface area contributed by atoms with E-state index in [9.17, 15) is 4.79 Å². The zero-order valence-electron chi connectivity index (χ0n) is 7.10. The molecule has 0 aromatic rings. The molecule has 3 heteroatoms. The summed E-state index contributed by atoms with van der Waals surface area (Å²) in [7, 11) is 0. The van der Waals surface area contributed by atoms with Gasteiger partial charge >= 0.3 is 5.97 Å². The van der Waals surface area contributed by atoms with Gasteiger partial charge < -0.3 is 4.74 Å². The molecule has 0 saturated heterocycles. The van der Waals surface area contributed by atoms with Gasteiger partial charge in [0, 0.05) is 11.8 Å². The van der Waals surface area contributed by atoms with Crippen LogP contribution in [0.3, 0.4) is 0 Å². The normalized spacial score (nSPS) is 12.6. The first-order valence-corrected chi connectivity index (χ1v) is 4.40. The standard InChI is InChI=1S/C8H15ClO2/c1-3-11-8(10)6-4-5-7(2)9/h7H,3-6H2,1-2H3. The Morgan fingerprint density at radius 1 is 1.64 bits per heavy atom. The molecule has 1 unspecified atom stereocenters. The lowest BCUT2D eigenvalue weighted by atomic mass is 10.2. The molecule has 0 N–H and O–H groups in total. The van der Waals surface area contributed by atoms with E-state index in [0.717, 1.165) is 12.8 Å². The van der Waals surface area contributed by atoms with E-state index in [4.69, 9.17) is 16.3 Å². The second kappa shape index (κ2) is 6.47. The van der Waals surface area contributed by atoms with Crippen LogP contribution in [0.15, 0.2) is 0 Å². The van der Waals surface area contributed by atoms with E-state index in [-0.39, 0.29) is 11.3 Å². The van der Waals surface area contributed by atoms with E-state index in [1.807, 2.05) is 13.8 Å². The van der Waals surface area contributed by atoms with Gasteiger partial charge in [-0.3, -0.25) is 4.79 Å². The molecule has 2 nitrogen and oxygen atoms in total. The van der Waals surface area contributed by atoms with Gasteiger partial charge in [-0.05, 0) is 26.7 Å². The lowest BCUT2D eigenvalue weighted by Gasteiger charge is -2.02. The Kier molecular flexibility index (Phi) is 6.33. The molecule has 0 aromatic heterocycles. The van der Waals surface area contributed by atoms with Gasteiger partial charge in [0.05, 0.1) is 6.61 Å². The monoisotopic (exact) mass is 178 g/mol. The Morgan fingerprint density at radius 2 is 2.27 bits per heavy atom. The molecule has 0 aromatic carbocycles. The first-order valence-electron chi connectivity index (χ1n) is 3.96. The Morgan fingerprint density at radius 3 is 2.73 bits per heavy atom.